The Morgan fingerprint density at radius 2 is 1.83 bits per heavy atom. The van der Waals surface area contributed by atoms with Gasteiger partial charge in [0.25, 0.3) is 0 Å². The van der Waals surface area contributed by atoms with Crippen LogP contribution in [0.15, 0.2) is 12.1 Å². The van der Waals surface area contributed by atoms with Gasteiger partial charge in [0, 0.05) is 5.56 Å². The maximum Gasteiger partial charge on any atom is 0.341 e. The van der Waals surface area contributed by atoms with E-state index < -0.39 is 5.97 Å². The molecule has 0 aliphatic rings. The third-order valence-corrected chi connectivity index (χ3v) is 3.12. The average molecular weight is 245 g/mol. The third-order valence-electron chi connectivity index (χ3n) is 3.12. The summed E-state index contributed by atoms with van der Waals surface area (Å²) in [6.07, 6.45) is 0. The van der Waals surface area contributed by atoms with Gasteiger partial charge >= 0.3 is 5.97 Å². The van der Waals surface area contributed by atoms with Crippen LogP contribution in [0.3, 0.4) is 0 Å². The molecule has 0 atom stereocenters. The first-order valence-electron chi connectivity index (χ1n) is 5.57. The molecule has 1 heterocycles. The van der Waals surface area contributed by atoms with E-state index >= 15 is 0 Å². The smallest absolute Gasteiger partial charge is 0.341 e. The molecule has 0 saturated carbocycles. The number of H-pyrrole nitrogens is 1. The first-order valence-corrected chi connectivity index (χ1v) is 5.57. The lowest BCUT2D eigenvalue weighted by atomic mass is 9.97. The summed E-state index contributed by atoms with van der Waals surface area (Å²) in [4.78, 5) is 11.2. The van der Waals surface area contributed by atoms with Crippen molar-refractivity contribution in [3.8, 4) is 11.3 Å². The van der Waals surface area contributed by atoms with E-state index in [4.69, 9.17) is 5.73 Å². The molecule has 4 N–H and O–H groups in total. The van der Waals surface area contributed by atoms with Crippen LogP contribution < -0.4 is 5.73 Å². The fraction of sp³-hybridized carbons (Fsp3) is 0.231. The second-order valence-corrected chi connectivity index (χ2v) is 4.42. The molecule has 0 aliphatic heterocycles. The van der Waals surface area contributed by atoms with E-state index in [-0.39, 0.29) is 11.4 Å². The zero-order chi connectivity index (χ0) is 13.4. The topological polar surface area (TPSA) is 92.0 Å². The molecule has 1 aromatic carbocycles. The molecule has 0 spiro atoms. The summed E-state index contributed by atoms with van der Waals surface area (Å²) < 4.78 is 0. The summed E-state index contributed by atoms with van der Waals surface area (Å²) in [5, 5.41) is 15.7. The van der Waals surface area contributed by atoms with Crippen LogP contribution >= 0.6 is 0 Å². The van der Waals surface area contributed by atoms with Crippen molar-refractivity contribution in [2.24, 2.45) is 0 Å². The van der Waals surface area contributed by atoms with Crippen molar-refractivity contribution in [2.75, 3.05) is 5.73 Å². The predicted octanol–water partition coefficient (Wildman–Crippen LogP) is 2.28. The summed E-state index contributed by atoms with van der Waals surface area (Å²) in [6, 6.07) is 3.97. The second-order valence-electron chi connectivity index (χ2n) is 4.42. The van der Waals surface area contributed by atoms with E-state index in [2.05, 4.69) is 10.2 Å². The number of nitrogens with two attached hydrogens (primary N) is 1. The van der Waals surface area contributed by atoms with Gasteiger partial charge in [0.1, 0.15) is 5.56 Å². The lowest BCUT2D eigenvalue weighted by Crippen LogP contribution is -2.02. The Labute approximate surface area is 105 Å². The van der Waals surface area contributed by atoms with Crippen LogP contribution in [-0.2, 0) is 0 Å². The number of carboxylic acid groups (broad SMARTS) is 1. The van der Waals surface area contributed by atoms with Crippen molar-refractivity contribution in [3.63, 3.8) is 0 Å². The van der Waals surface area contributed by atoms with Crippen LogP contribution in [0.5, 0.6) is 0 Å². The number of rotatable bonds is 2. The van der Waals surface area contributed by atoms with E-state index in [1.165, 1.54) is 5.56 Å². The minimum atomic E-state index is -1.08. The summed E-state index contributed by atoms with van der Waals surface area (Å²) >= 11 is 0. The number of aromatic nitrogens is 2. The standard InChI is InChI=1S/C13H15N3O2/c1-6-4-8(3)9(5-7(6)2)11-10(13(17)18)12(14)16-15-11/h4-5H,1-3H3,(H,17,18)(H3,14,15,16). The van der Waals surface area contributed by atoms with E-state index in [9.17, 15) is 9.90 Å². The zero-order valence-corrected chi connectivity index (χ0v) is 10.5. The molecule has 0 fully saturated rings. The Morgan fingerprint density at radius 1 is 1.22 bits per heavy atom. The molecule has 0 radical (unpaired) electrons. The summed E-state index contributed by atoms with van der Waals surface area (Å²) in [5.41, 5.74) is 10.1. The highest BCUT2D eigenvalue weighted by Gasteiger charge is 2.20. The Morgan fingerprint density at radius 3 is 2.44 bits per heavy atom. The molecular weight excluding hydrogens is 230 g/mol. The van der Waals surface area contributed by atoms with Crippen molar-refractivity contribution in [1.82, 2.24) is 10.2 Å². The highest BCUT2D eigenvalue weighted by Crippen LogP contribution is 2.29. The molecule has 18 heavy (non-hydrogen) atoms. The first kappa shape index (κ1) is 12.2. The molecule has 5 heteroatoms. The molecule has 2 aromatic rings. The normalized spacial score (nSPS) is 10.6. The minimum Gasteiger partial charge on any atom is -0.477 e. The number of benzene rings is 1. The first-order chi connectivity index (χ1) is 8.41. The van der Waals surface area contributed by atoms with Gasteiger partial charge in [-0.05, 0) is 43.5 Å². The van der Waals surface area contributed by atoms with Crippen molar-refractivity contribution in [1.29, 1.82) is 0 Å². The van der Waals surface area contributed by atoms with Crippen molar-refractivity contribution in [2.45, 2.75) is 20.8 Å². The van der Waals surface area contributed by atoms with Crippen LogP contribution in [-0.4, -0.2) is 21.3 Å². The number of hydrogen-bond donors (Lipinski definition) is 3. The predicted molar refractivity (Wildman–Crippen MR) is 69.6 cm³/mol. The quantitative estimate of drug-likeness (QED) is 0.756. The monoisotopic (exact) mass is 245 g/mol. The maximum atomic E-state index is 11.2. The number of aromatic amines is 1. The Bertz CT molecular complexity index is 629. The molecule has 0 amide bonds. The summed E-state index contributed by atoms with van der Waals surface area (Å²) in [5.74, 6) is -1.07. The highest BCUT2D eigenvalue weighted by molar-refractivity contribution is 5.99. The van der Waals surface area contributed by atoms with Crippen LogP contribution in [0.4, 0.5) is 5.82 Å². The lowest BCUT2D eigenvalue weighted by Gasteiger charge is -2.09. The van der Waals surface area contributed by atoms with Gasteiger partial charge in [-0.25, -0.2) is 4.79 Å². The number of nitrogens with one attached hydrogen (secondary N) is 1. The van der Waals surface area contributed by atoms with Gasteiger partial charge in [0.2, 0.25) is 0 Å². The number of nitrogen functional groups attached to an aromatic ring is 1. The van der Waals surface area contributed by atoms with E-state index in [0.717, 1.165) is 16.7 Å². The number of carboxylic acids is 1. The van der Waals surface area contributed by atoms with Crippen LogP contribution in [0, 0.1) is 20.8 Å². The van der Waals surface area contributed by atoms with Crippen molar-refractivity contribution >= 4 is 11.8 Å². The molecule has 0 aliphatic carbocycles. The highest BCUT2D eigenvalue weighted by atomic mass is 16.4. The summed E-state index contributed by atoms with van der Waals surface area (Å²) in [6.45, 7) is 5.94. The molecule has 0 unspecified atom stereocenters. The lowest BCUT2D eigenvalue weighted by molar-refractivity contribution is 0.0699. The van der Waals surface area contributed by atoms with E-state index in [1.54, 1.807) is 0 Å². The van der Waals surface area contributed by atoms with Crippen LogP contribution in [0.2, 0.25) is 0 Å². The van der Waals surface area contributed by atoms with Gasteiger partial charge in [-0.1, -0.05) is 6.07 Å². The molecule has 2 rings (SSSR count). The van der Waals surface area contributed by atoms with Gasteiger partial charge in [0.15, 0.2) is 5.82 Å². The van der Waals surface area contributed by atoms with Gasteiger partial charge in [-0.3, -0.25) is 5.10 Å². The Balaban J connectivity index is 2.70. The van der Waals surface area contributed by atoms with Crippen LogP contribution in [0.1, 0.15) is 27.0 Å². The largest absolute Gasteiger partial charge is 0.477 e. The zero-order valence-electron chi connectivity index (χ0n) is 10.5. The Kier molecular flexibility index (Phi) is 2.82. The second kappa shape index (κ2) is 4.18. The number of nitrogens with zero attached hydrogens (tertiary/aromatic N) is 1. The number of hydrogen-bond acceptors (Lipinski definition) is 3. The average Bonchev–Trinajstić information content (AvgIpc) is 2.65. The Hall–Kier alpha value is -2.30. The summed E-state index contributed by atoms with van der Waals surface area (Å²) in [7, 11) is 0. The SMILES string of the molecule is Cc1cc(C)c(-c2[nH]nc(N)c2C(=O)O)cc1C. The van der Waals surface area contributed by atoms with E-state index in [0.29, 0.717) is 5.69 Å². The fourth-order valence-corrected chi connectivity index (χ4v) is 2.00. The van der Waals surface area contributed by atoms with Crippen LogP contribution in [0.25, 0.3) is 11.3 Å². The number of aryl methyl sites for hydroxylation is 3. The number of anilines is 1. The van der Waals surface area contributed by atoms with E-state index in [1.807, 2.05) is 32.9 Å². The molecule has 5 nitrogen and oxygen atoms in total. The molecule has 0 saturated heterocycles. The number of carbonyl (C=O) groups is 1. The van der Waals surface area contributed by atoms with Crippen molar-refractivity contribution in [3.05, 3.63) is 34.4 Å². The third kappa shape index (κ3) is 1.84. The van der Waals surface area contributed by atoms with Crippen molar-refractivity contribution < 1.29 is 9.90 Å². The molecule has 0 bridgehead atoms. The van der Waals surface area contributed by atoms with Gasteiger partial charge in [0.05, 0.1) is 5.69 Å². The number of aromatic carboxylic acids is 1. The van der Waals surface area contributed by atoms with Gasteiger partial charge < -0.3 is 10.8 Å². The minimum absolute atomic E-state index is 0.00938. The fourth-order valence-electron chi connectivity index (χ4n) is 2.00. The van der Waals surface area contributed by atoms with Gasteiger partial charge in [-0.2, -0.15) is 5.10 Å². The molecular formula is C13H15N3O2. The molecule has 94 valence electrons. The molecule has 1 aromatic heterocycles. The maximum absolute atomic E-state index is 11.2. The van der Waals surface area contributed by atoms with Gasteiger partial charge in [-0.15, -0.1) is 0 Å².